The molecule has 5 heteroatoms. The van der Waals surface area contributed by atoms with Crippen LogP contribution in [0, 0.1) is 0 Å². The van der Waals surface area contributed by atoms with E-state index in [1.807, 2.05) is 0 Å². The average Bonchev–Trinajstić information content (AvgIpc) is 2.12. The lowest BCUT2D eigenvalue weighted by Crippen LogP contribution is -2.30. The topological polar surface area (TPSA) is 52.3 Å². The van der Waals surface area contributed by atoms with Crippen molar-refractivity contribution >= 4 is 29.1 Å². The molecular weight excluding hydrogens is 225 g/mol. The van der Waals surface area contributed by atoms with Crippen LogP contribution in [0.4, 0.5) is 0 Å². The quantitative estimate of drug-likeness (QED) is 0.871. The maximum atomic E-state index is 10.7. The minimum Gasteiger partial charge on any atom is -0.479 e. The molecule has 0 aliphatic heterocycles. The highest BCUT2D eigenvalue weighted by atomic mass is 35.5. The predicted octanol–water partition coefficient (Wildman–Crippen LogP) is 2.25. The van der Waals surface area contributed by atoms with Crippen LogP contribution in [-0.2, 0) is 4.79 Å². The first kappa shape index (κ1) is 11.1. The summed E-state index contributed by atoms with van der Waals surface area (Å²) in [6.07, 6.45) is -0.731. The first-order valence-corrected chi connectivity index (χ1v) is 4.68. The van der Waals surface area contributed by atoms with Gasteiger partial charge in [0.15, 0.2) is 6.10 Å². The smallest absolute Gasteiger partial charge is 0.258 e. The summed E-state index contributed by atoms with van der Waals surface area (Å²) in [5, 5.41) is 0.656. The Hall–Kier alpha value is -0.930. The molecule has 14 heavy (non-hydrogen) atoms. The maximum absolute atomic E-state index is 10.7. The van der Waals surface area contributed by atoms with Gasteiger partial charge in [-0.3, -0.25) is 4.79 Å². The van der Waals surface area contributed by atoms with Crippen molar-refractivity contribution < 1.29 is 9.53 Å². The number of amides is 1. The van der Waals surface area contributed by atoms with Crippen LogP contribution < -0.4 is 10.5 Å². The van der Waals surface area contributed by atoms with Gasteiger partial charge >= 0.3 is 0 Å². The summed E-state index contributed by atoms with van der Waals surface area (Å²) in [5.74, 6) is -0.202. The molecule has 2 N–H and O–H groups in total. The number of rotatable bonds is 3. The van der Waals surface area contributed by atoms with Gasteiger partial charge in [-0.15, -0.1) is 0 Å². The normalized spacial score (nSPS) is 12.2. The molecule has 0 aliphatic rings. The third-order valence-electron chi connectivity index (χ3n) is 1.62. The summed E-state index contributed by atoms with van der Waals surface area (Å²) in [7, 11) is 0. The van der Waals surface area contributed by atoms with Gasteiger partial charge in [0.25, 0.3) is 5.91 Å². The lowest BCUT2D eigenvalue weighted by Gasteiger charge is -2.12. The number of carbonyl (C=O) groups excluding carboxylic acids is 1. The molecule has 0 heterocycles. The van der Waals surface area contributed by atoms with Gasteiger partial charge in [0.1, 0.15) is 10.8 Å². The second-order valence-electron chi connectivity index (χ2n) is 2.71. The van der Waals surface area contributed by atoms with Gasteiger partial charge in [0.05, 0.1) is 5.02 Å². The van der Waals surface area contributed by atoms with Gasteiger partial charge in [-0.2, -0.15) is 0 Å². The number of hydrogen-bond acceptors (Lipinski definition) is 2. The second-order valence-corrected chi connectivity index (χ2v) is 3.50. The first-order valence-electron chi connectivity index (χ1n) is 3.92. The Morgan fingerprint density at radius 2 is 2.14 bits per heavy atom. The van der Waals surface area contributed by atoms with E-state index in [-0.39, 0.29) is 5.02 Å². The molecule has 0 bridgehead atoms. The highest BCUT2D eigenvalue weighted by Crippen LogP contribution is 2.31. The molecular formula is C9H9Cl2NO2. The predicted molar refractivity (Wildman–Crippen MR) is 55.7 cm³/mol. The van der Waals surface area contributed by atoms with Crippen LogP contribution in [-0.4, -0.2) is 12.0 Å². The van der Waals surface area contributed by atoms with E-state index in [1.54, 1.807) is 25.1 Å². The third kappa shape index (κ3) is 2.53. The van der Waals surface area contributed by atoms with E-state index in [2.05, 4.69) is 0 Å². The highest BCUT2D eigenvalue weighted by molar-refractivity contribution is 6.42. The largest absolute Gasteiger partial charge is 0.479 e. The molecule has 1 atom stereocenters. The van der Waals surface area contributed by atoms with Crippen molar-refractivity contribution in [1.82, 2.24) is 0 Å². The highest BCUT2D eigenvalue weighted by Gasteiger charge is 2.13. The Balaban J connectivity index is 2.87. The molecule has 0 aliphatic carbocycles. The molecule has 1 aromatic carbocycles. The van der Waals surface area contributed by atoms with E-state index in [0.29, 0.717) is 10.8 Å². The fourth-order valence-electron chi connectivity index (χ4n) is 0.824. The average molecular weight is 234 g/mol. The zero-order chi connectivity index (χ0) is 10.7. The van der Waals surface area contributed by atoms with Gasteiger partial charge < -0.3 is 10.5 Å². The van der Waals surface area contributed by atoms with Crippen LogP contribution >= 0.6 is 23.2 Å². The van der Waals surface area contributed by atoms with Crippen molar-refractivity contribution in [2.45, 2.75) is 13.0 Å². The minimum atomic E-state index is -0.731. The molecule has 0 saturated heterocycles. The zero-order valence-corrected chi connectivity index (χ0v) is 8.97. The summed E-state index contributed by atoms with van der Waals surface area (Å²) in [5.41, 5.74) is 5.03. The first-order chi connectivity index (χ1) is 6.52. The fraction of sp³-hybridized carbons (Fsp3) is 0.222. The monoisotopic (exact) mass is 233 g/mol. The molecule has 3 nitrogen and oxygen atoms in total. The van der Waals surface area contributed by atoms with Crippen LogP contribution in [0.15, 0.2) is 18.2 Å². The molecule has 0 aromatic heterocycles. The molecule has 0 unspecified atom stereocenters. The fourth-order valence-corrected chi connectivity index (χ4v) is 1.16. The van der Waals surface area contributed by atoms with E-state index in [1.165, 1.54) is 0 Å². The van der Waals surface area contributed by atoms with Gasteiger partial charge in [0.2, 0.25) is 0 Å². The Labute approximate surface area is 91.7 Å². The lowest BCUT2D eigenvalue weighted by molar-refractivity contribution is -0.123. The zero-order valence-electron chi connectivity index (χ0n) is 7.46. The number of benzene rings is 1. The van der Waals surface area contributed by atoms with E-state index in [0.717, 1.165) is 0 Å². The number of hydrogen-bond donors (Lipinski definition) is 1. The number of ether oxygens (including phenoxy) is 1. The lowest BCUT2D eigenvalue weighted by atomic mass is 10.3. The van der Waals surface area contributed by atoms with Crippen LogP contribution in [0.5, 0.6) is 5.75 Å². The van der Waals surface area contributed by atoms with Crippen molar-refractivity contribution in [2.24, 2.45) is 5.73 Å². The number of primary amides is 1. The summed E-state index contributed by atoms with van der Waals surface area (Å²) < 4.78 is 5.20. The molecule has 0 spiro atoms. The summed E-state index contributed by atoms with van der Waals surface area (Å²) >= 11 is 11.6. The SMILES string of the molecule is C[C@H](Oc1cccc(Cl)c1Cl)C(N)=O. The molecule has 0 radical (unpaired) electrons. The van der Waals surface area contributed by atoms with E-state index >= 15 is 0 Å². The molecule has 0 saturated carbocycles. The molecule has 1 rings (SSSR count). The molecule has 76 valence electrons. The number of nitrogens with two attached hydrogens (primary N) is 1. The minimum absolute atomic E-state index is 0.280. The number of carbonyl (C=O) groups is 1. The van der Waals surface area contributed by atoms with Gasteiger partial charge in [-0.1, -0.05) is 29.3 Å². The molecule has 1 amide bonds. The van der Waals surface area contributed by atoms with E-state index in [4.69, 9.17) is 33.7 Å². The molecule has 0 fully saturated rings. The van der Waals surface area contributed by atoms with Gasteiger partial charge in [-0.25, -0.2) is 0 Å². The van der Waals surface area contributed by atoms with E-state index in [9.17, 15) is 4.79 Å². The van der Waals surface area contributed by atoms with E-state index < -0.39 is 12.0 Å². The Kier molecular flexibility index (Phi) is 3.61. The van der Waals surface area contributed by atoms with Crippen molar-refractivity contribution in [1.29, 1.82) is 0 Å². The summed E-state index contributed by atoms with van der Waals surface area (Å²) in [6.45, 7) is 1.54. The number of halogens is 2. The Bertz CT molecular complexity index is 355. The van der Waals surface area contributed by atoms with Crippen LogP contribution in [0.25, 0.3) is 0 Å². The van der Waals surface area contributed by atoms with Crippen molar-refractivity contribution in [3.8, 4) is 5.75 Å². The third-order valence-corrected chi connectivity index (χ3v) is 2.42. The van der Waals surface area contributed by atoms with Crippen molar-refractivity contribution in [3.63, 3.8) is 0 Å². The standard InChI is InChI=1S/C9H9Cl2NO2/c1-5(9(12)13)14-7-4-2-3-6(10)8(7)11/h2-5H,1H3,(H2,12,13)/t5-/m0/s1. The second kappa shape index (κ2) is 4.53. The van der Waals surface area contributed by atoms with Crippen molar-refractivity contribution in [2.75, 3.05) is 0 Å². The van der Waals surface area contributed by atoms with Crippen LogP contribution in [0.1, 0.15) is 6.92 Å². The Morgan fingerprint density at radius 1 is 1.50 bits per heavy atom. The summed E-state index contributed by atoms with van der Waals surface area (Å²) in [4.78, 5) is 10.7. The Morgan fingerprint density at radius 3 is 2.71 bits per heavy atom. The van der Waals surface area contributed by atoms with Crippen LogP contribution in [0.3, 0.4) is 0 Å². The maximum Gasteiger partial charge on any atom is 0.258 e. The molecule has 1 aromatic rings. The summed E-state index contributed by atoms with van der Waals surface area (Å²) in [6, 6.07) is 4.93. The van der Waals surface area contributed by atoms with Gasteiger partial charge in [0, 0.05) is 0 Å². The van der Waals surface area contributed by atoms with Crippen LogP contribution in [0.2, 0.25) is 10.0 Å². The van der Waals surface area contributed by atoms with Crippen molar-refractivity contribution in [3.05, 3.63) is 28.2 Å². The van der Waals surface area contributed by atoms with Gasteiger partial charge in [-0.05, 0) is 19.1 Å².